The van der Waals surface area contributed by atoms with Crippen LogP contribution in [0.15, 0.2) is 88.7 Å². The first-order chi connectivity index (χ1) is 14.8. The fraction of sp³-hybridized carbons (Fsp3) is 0.0952. The molecule has 3 aromatic rings. The van der Waals surface area contributed by atoms with Gasteiger partial charge in [0, 0.05) is 0 Å². The van der Waals surface area contributed by atoms with E-state index < -0.39 is 32.5 Å². The molecule has 11 heteroatoms. The quantitative estimate of drug-likeness (QED) is 0.518. The van der Waals surface area contributed by atoms with Crippen LogP contribution in [-0.2, 0) is 31.4 Å². The molecule has 4 rings (SSSR count). The Morgan fingerprint density at radius 1 is 0.906 bits per heavy atom. The summed E-state index contributed by atoms with van der Waals surface area (Å²) in [5.74, 6) is -0.861. The third-order valence-corrected chi connectivity index (χ3v) is 7.80. The number of rotatable bonds is 6. The van der Waals surface area contributed by atoms with Crippen molar-refractivity contribution in [2.75, 3.05) is 10.8 Å². The predicted octanol–water partition coefficient (Wildman–Crippen LogP) is 1.63. The maximum absolute atomic E-state index is 13.3. The summed E-state index contributed by atoms with van der Waals surface area (Å²) in [5.41, 5.74) is 0.727. The summed E-state index contributed by atoms with van der Waals surface area (Å²) in [7, 11) is -8.19. The van der Waals surface area contributed by atoms with Crippen LogP contribution in [0.1, 0.15) is 5.56 Å². The molecule has 1 amide bonds. The average Bonchev–Trinajstić information content (AvgIpc) is 3.05. The second-order valence-electron chi connectivity index (χ2n) is 6.73. The van der Waals surface area contributed by atoms with Gasteiger partial charge < -0.3 is 4.74 Å². The number of carbonyl (C=O) groups excluding carboxylic acids is 1. The SMILES string of the molecule is O=C1CN(c2cccc(S(=O)(=O)c3ccccc3)c2OCc2ccccc2)S(=O)(=O)N1.[KH]. The summed E-state index contributed by atoms with van der Waals surface area (Å²) in [6.45, 7) is -0.469. The van der Waals surface area contributed by atoms with E-state index in [-0.39, 0.29) is 79.2 Å². The van der Waals surface area contributed by atoms with Crippen molar-refractivity contribution < 1.29 is 26.4 Å². The van der Waals surface area contributed by atoms with E-state index in [1.807, 2.05) is 10.8 Å². The zero-order valence-corrected chi connectivity index (χ0v) is 17.8. The van der Waals surface area contributed by atoms with E-state index in [1.165, 1.54) is 30.3 Å². The van der Waals surface area contributed by atoms with E-state index in [4.69, 9.17) is 4.74 Å². The van der Waals surface area contributed by atoms with Gasteiger partial charge in [-0.05, 0) is 29.8 Å². The normalized spacial score (nSPS) is 15.0. The van der Waals surface area contributed by atoms with Gasteiger partial charge in [0.1, 0.15) is 18.0 Å². The first-order valence-electron chi connectivity index (χ1n) is 9.22. The number of ether oxygens (including phenoxy) is 1. The van der Waals surface area contributed by atoms with E-state index in [0.29, 0.717) is 0 Å². The molecule has 0 unspecified atom stereocenters. The fourth-order valence-corrected chi connectivity index (χ4v) is 5.76. The molecule has 1 fully saturated rings. The molecule has 8 nitrogen and oxygen atoms in total. The number of sulfone groups is 1. The van der Waals surface area contributed by atoms with E-state index >= 15 is 0 Å². The van der Waals surface area contributed by atoms with E-state index in [9.17, 15) is 21.6 Å². The molecule has 0 aromatic heterocycles. The van der Waals surface area contributed by atoms with Gasteiger partial charge in [-0.15, -0.1) is 0 Å². The van der Waals surface area contributed by atoms with Crippen LogP contribution in [0.2, 0.25) is 0 Å². The summed E-state index contributed by atoms with van der Waals surface area (Å²) in [5, 5.41) is 0. The van der Waals surface area contributed by atoms with Gasteiger partial charge in [-0.2, -0.15) is 8.42 Å². The van der Waals surface area contributed by atoms with Crippen molar-refractivity contribution in [1.29, 1.82) is 0 Å². The molecule has 0 atom stereocenters. The third-order valence-electron chi connectivity index (χ3n) is 4.62. The van der Waals surface area contributed by atoms with Crippen LogP contribution in [0.4, 0.5) is 5.69 Å². The van der Waals surface area contributed by atoms with E-state index in [2.05, 4.69) is 0 Å². The van der Waals surface area contributed by atoms with E-state index in [0.717, 1.165) is 9.87 Å². The maximum atomic E-state index is 13.3. The van der Waals surface area contributed by atoms with Gasteiger partial charge in [-0.3, -0.25) is 4.79 Å². The predicted molar refractivity (Wildman–Crippen MR) is 121 cm³/mol. The summed E-state index contributed by atoms with van der Waals surface area (Å²) in [4.78, 5) is 11.6. The van der Waals surface area contributed by atoms with Crippen molar-refractivity contribution in [3.8, 4) is 5.75 Å². The number of hydrogen-bond acceptors (Lipinski definition) is 6. The van der Waals surface area contributed by atoms with Gasteiger partial charge in [-0.25, -0.2) is 17.4 Å². The Bertz CT molecular complexity index is 1330. The molecule has 0 bridgehead atoms. The first-order valence-corrected chi connectivity index (χ1v) is 12.1. The second-order valence-corrected chi connectivity index (χ2v) is 10.2. The summed E-state index contributed by atoms with van der Waals surface area (Å²) in [6, 6.07) is 21.0. The second kappa shape index (κ2) is 10.0. The Kier molecular flexibility index (Phi) is 7.81. The number of anilines is 1. The topological polar surface area (TPSA) is 110 Å². The van der Waals surface area contributed by atoms with Crippen LogP contribution < -0.4 is 13.8 Å². The Balaban J connectivity index is 0.00000289. The molecule has 0 aliphatic carbocycles. The Hall–Kier alpha value is -1.73. The van der Waals surface area contributed by atoms with Crippen LogP contribution >= 0.6 is 0 Å². The molecule has 0 spiro atoms. The van der Waals surface area contributed by atoms with E-state index in [1.54, 1.807) is 42.5 Å². The van der Waals surface area contributed by atoms with Gasteiger partial charge >= 0.3 is 61.6 Å². The standard InChI is InChI=1S/C21H18N2O6S2.K.H/c24-20-14-23(31(27,28)22-20)18-12-7-13-19(30(25,26)17-10-5-2-6-11-17)21(18)29-15-16-8-3-1-4-9-16;;/h1-13H,14-15H2,(H,22,24);;. The van der Waals surface area contributed by atoms with Crippen LogP contribution in [0.25, 0.3) is 0 Å². The number of nitrogens with zero attached hydrogens (tertiary/aromatic N) is 1. The summed E-state index contributed by atoms with van der Waals surface area (Å²) in [6.07, 6.45) is 0. The number of amides is 1. The number of hydrogen-bond donors (Lipinski definition) is 1. The van der Waals surface area contributed by atoms with Gasteiger partial charge in [0.25, 0.3) is 5.91 Å². The Labute approximate surface area is 229 Å². The molecule has 3 aromatic carbocycles. The zero-order chi connectivity index (χ0) is 22.1. The monoisotopic (exact) mass is 498 g/mol. The molecule has 32 heavy (non-hydrogen) atoms. The van der Waals surface area contributed by atoms with Crippen molar-refractivity contribution in [1.82, 2.24) is 4.72 Å². The van der Waals surface area contributed by atoms with Crippen molar-refractivity contribution in [2.24, 2.45) is 0 Å². The molecule has 162 valence electrons. The molecule has 1 aliphatic rings. The Morgan fingerprint density at radius 2 is 1.53 bits per heavy atom. The number of para-hydroxylation sites is 1. The minimum atomic E-state index is -4.16. The molecule has 0 radical (unpaired) electrons. The summed E-state index contributed by atoms with van der Waals surface area (Å²) < 4.78 is 60.1. The minimum absolute atomic E-state index is 0. The Morgan fingerprint density at radius 3 is 2.12 bits per heavy atom. The molecule has 1 aliphatic heterocycles. The van der Waals surface area contributed by atoms with Crippen LogP contribution in [0, 0.1) is 0 Å². The van der Waals surface area contributed by atoms with Crippen molar-refractivity contribution in [2.45, 2.75) is 16.4 Å². The third kappa shape index (κ3) is 5.09. The summed E-state index contributed by atoms with van der Waals surface area (Å²) >= 11 is 0. The number of benzene rings is 3. The van der Waals surface area contributed by atoms with Crippen LogP contribution in [-0.4, -0.2) is 80.7 Å². The molecular weight excluding hydrogens is 479 g/mol. The molecule has 1 saturated heterocycles. The van der Waals surface area contributed by atoms with Gasteiger partial charge in [0.15, 0.2) is 5.75 Å². The molecule has 0 saturated carbocycles. The molecule has 1 N–H and O–H groups in total. The average molecular weight is 499 g/mol. The molecule has 1 heterocycles. The number of nitrogens with one attached hydrogen (secondary N) is 1. The van der Waals surface area contributed by atoms with Gasteiger partial charge in [0.05, 0.1) is 10.6 Å². The molecular formula is C21H19KN2O6S2. The van der Waals surface area contributed by atoms with Crippen molar-refractivity contribution >= 4 is 83.0 Å². The zero-order valence-electron chi connectivity index (χ0n) is 16.1. The van der Waals surface area contributed by atoms with Gasteiger partial charge in [0.2, 0.25) is 9.84 Å². The van der Waals surface area contributed by atoms with Gasteiger partial charge in [-0.1, -0.05) is 54.6 Å². The van der Waals surface area contributed by atoms with Crippen molar-refractivity contribution in [3.63, 3.8) is 0 Å². The fourth-order valence-electron chi connectivity index (χ4n) is 3.17. The number of carbonyl (C=O) groups is 1. The first kappa shape index (κ1) is 24.9. The van der Waals surface area contributed by atoms with Crippen LogP contribution in [0.5, 0.6) is 5.75 Å². The van der Waals surface area contributed by atoms with Crippen molar-refractivity contribution in [3.05, 3.63) is 84.4 Å². The van der Waals surface area contributed by atoms with Crippen LogP contribution in [0.3, 0.4) is 0 Å².